The van der Waals surface area contributed by atoms with E-state index in [1.165, 1.54) is 17.9 Å². The van der Waals surface area contributed by atoms with Crippen LogP contribution in [-0.4, -0.2) is 9.97 Å². The number of hydrogen-bond acceptors (Lipinski definition) is 2. The molecule has 6 heteroatoms. The van der Waals surface area contributed by atoms with Crippen LogP contribution in [0.25, 0.3) is 11.3 Å². The van der Waals surface area contributed by atoms with Gasteiger partial charge in [0.1, 0.15) is 11.9 Å². The number of aryl methyl sites for hydroxylation is 1. The van der Waals surface area contributed by atoms with Crippen LogP contribution in [0.3, 0.4) is 0 Å². The SMILES string of the molecule is Cc1ccnc(-c2[c-]cc(F)nc2F)c1.[CH3-].[Cl][Ir+2]. The molecule has 0 spiro atoms. The predicted octanol–water partition coefficient (Wildman–Crippen LogP) is 3.67. The molecule has 0 radical (unpaired) electrons. The van der Waals surface area contributed by atoms with Gasteiger partial charge in [-0.1, -0.05) is 23.3 Å². The Morgan fingerprint density at radius 3 is 2.56 bits per heavy atom. The van der Waals surface area contributed by atoms with Gasteiger partial charge >= 0.3 is 27.5 Å². The van der Waals surface area contributed by atoms with E-state index in [4.69, 9.17) is 0 Å². The molecule has 0 atom stereocenters. The number of hydrogen-bond donors (Lipinski definition) is 0. The fourth-order valence-electron chi connectivity index (χ4n) is 1.23. The van der Waals surface area contributed by atoms with Gasteiger partial charge < -0.3 is 12.4 Å². The van der Waals surface area contributed by atoms with Crippen molar-refractivity contribution >= 4 is 9.58 Å². The summed E-state index contributed by atoms with van der Waals surface area (Å²) in [5, 5.41) is 0. The van der Waals surface area contributed by atoms with Crippen LogP contribution in [0, 0.1) is 32.3 Å². The molecule has 0 unspecified atom stereocenters. The number of rotatable bonds is 1. The first-order valence-electron chi connectivity index (χ1n) is 4.46. The molecule has 0 N–H and O–H groups in total. The Hall–Kier alpha value is -0.901. The van der Waals surface area contributed by atoms with Crippen LogP contribution >= 0.6 is 9.58 Å². The molecule has 0 aliphatic heterocycles. The molecule has 98 valence electrons. The van der Waals surface area contributed by atoms with Gasteiger partial charge in [0, 0.05) is 6.20 Å². The summed E-state index contributed by atoms with van der Waals surface area (Å²) in [6, 6.07) is 6.94. The zero-order chi connectivity index (χ0) is 12.8. The molecule has 2 aromatic heterocycles. The molecule has 18 heavy (non-hydrogen) atoms. The van der Waals surface area contributed by atoms with E-state index in [9.17, 15) is 8.78 Å². The van der Waals surface area contributed by atoms with Gasteiger partial charge in [0.05, 0.1) is 0 Å². The van der Waals surface area contributed by atoms with Gasteiger partial charge in [-0.15, -0.1) is 6.07 Å². The molecule has 0 saturated heterocycles. The van der Waals surface area contributed by atoms with E-state index in [2.05, 4.69) is 25.6 Å². The summed E-state index contributed by atoms with van der Waals surface area (Å²) in [6.45, 7) is 1.86. The molecular weight excluding hydrogens is 438 g/mol. The van der Waals surface area contributed by atoms with Crippen LogP contribution in [0.4, 0.5) is 8.78 Å². The summed E-state index contributed by atoms with van der Waals surface area (Å²) in [5.74, 6) is -1.78. The summed E-state index contributed by atoms with van der Waals surface area (Å²) < 4.78 is 25.8. The van der Waals surface area contributed by atoms with Gasteiger partial charge in [0.2, 0.25) is 0 Å². The average Bonchev–Trinajstić information content (AvgIpc) is 2.31. The zero-order valence-electron chi connectivity index (χ0n) is 9.67. The monoisotopic (exact) mass is 448 g/mol. The minimum atomic E-state index is -0.895. The van der Waals surface area contributed by atoms with Crippen molar-refractivity contribution in [2.75, 3.05) is 0 Å². The van der Waals surface area contributed by atoms with Crippen LogP contribution in [0.5, 0.6) is 0 Å². The van der Waals surface area contributed by atoms with E-state index >= 15 is 0 Å². The van der Waals surface area contributed by atoms with Crippen molar-refractivity contribution in [2.24, 2.45) is 0 Å². The van der Waals surface area contributed by atoms with Crippen molar-refractivity contribution in [3.05, 3.63) is 55.3 Å². The van der Waals surface area contributed by atoms with Gasteiger partial charge in [-0.05, 0) is 18.7 Å². The third kappa shape index (κ3) is 4.41. The second-order valence-electron chi connectivity index (χ2n) is 3.11. The van der Waals surface area contributed by atoms with Gasteiger partial charge in [-0.2, -0.15) is 0 Å². The van der Waals surface area contributed by atoms with Crippen LogP contribution in [-0.2, 0) is 17.9 Å². The second-order valence-corrected chi connectivity index (χ2v) is 3.11. The third-order valence-electron chi connectivity index (χ3n) is 1.92. The molecule has 0 saturated carbocycles. The quantitative estimate of drug-likeness (QED) is 0.492. The minimum absolute atomic E-state index is 0. The molecule has 0 aliphatic rings. The molecule has 2 aromatic rings. The standard InChI is InChI=1S/C11H7F2N2.CH3.ClH.Ir/c1-7-4-5-14-9(6-7)8-2-3-10(12)15-11(8)13;;;/h3-6H,1H3;1H3;1H;/q2*-1;;+3/p-1. The fourth-order valence-corrected chi connectivity index (χ4v) is 1.23. The van der Waals surface area contributed by atoms with E-state index in [1.54, 1.807) is 18.3 Å². The molecule has 0 aliphatic carbocycles. The summed E-state index contributed by atoms with van der Waals surface area (Å²) in [5.41, 5.74) is 1.43. The van der Waals surface area contributed by atoms with Crippen molar-refractivity contribution in [3.8, 4) is 11.3 Å². The first-order valence-corrected chi connectivity index (χ1v) is 7.43. The molecule has 0 fully saturated rings. The molecule has 2 nitrogen and oxygen atoms in total. The molecule has 2 rings (SSSR count). The second kappa shape index (κ2) is 8.24. The zero-order valence-corrected chi connectivity index (χ0v) is 12.8. The third-order valence-corrected chi connectivity index (χ3v) is 1.92. The van der Waals surface area contributed by atoms with Gasteiger partial charge in [-0.25, -0.2) is 8.78 Å². The summed E-state index contributed by atoms with van der Waals surface area (Å²) in [4.78, 5) is 7.04. The molecular formula is C12H10ClF2IrN2. The van der Waals surface area contributed by atoms with Crippen LogP contribution in [0.15, 0.2) is 24.4 Å². The van der Waals surface area contributed by atoms with E-state index in [0.717, 1.165) is 11.6 Å². The van der Waals surface area contributed by atoms with E-state index in [1.807, 2.05) is 6.92 Å². The Labute approximate surface area is 120 Å². The maximum atomic E-state index is 13.2. The molecule has 0 aromatic carbocycles. The number of nitrogens with zero attached hydrogens (tertiary/aromatic N) is 2. The number of halogens is 3. The van der Waals surface area contributed by atoms with Crippen molar-refractivity contribution in [2.45, 2.75) is 6.92 Å². The van der Waals surface area contributed by atoms with E-state index in [-0.39, 0.29) is 13.0 Å². The van der Waals surface area contributed by atoms with E-state index in [0.29, 0.717) is 5.69 Å². The Balaban J connectivity index is 0.000000917. The average molecular weight is 448 g/mol. The van der Waals surface area contributed by atoms with Gasteiger partial charge in [0.25, 0.3) is 0 Å². The summed E-state index contributed by atoms with van der Waals surface area (Å²) in [6.07, 6.45) is 1.56. The van der Waals surface area contributed by atoms with Crippen LogP contribution in [0.2, 0.25) is 0 Å². The van der Waals surface area contributed by atoms with Crippen LogP contribution < -0.4 is 0 Å². The first kappa shape index (κ1) is 17.1. The Morgan fingerprint density at radius 1 is 1.33 bits per heavy atom. The van der Waals surface area contributed by atoms with Crippen molar-refractivity contribution in [1.29, 1.82) is 0 Å². The Bertz CT molecular complexity index is 509. The maximum absolute atomic E-state index is 13.2. The first-order chi connectivity index (χ1) is 8.16. The normalized spacial score (nSPS) is 8.94. The Morgan fingerprint density at radius 2 is 2.00 bits per heavy atom. The fraction of sp³-hybridized carbons (Fsp3) is 0.0833. The molecule has 2 heterocycles. The predicted molar refractivity (Wildman–Crippen MR) is 63.2 cm³/mol. The number of aromatic nitrogens is 2. The molecule has 0 bridgehead atoms. The van der Waals surface area contributed by atoms with Crippen molar-refractivity contribution in [1.82, 2.24) is 9.97 Å². The molecule has 0 amide bonds. The van der Waals surface area contributed by atoms with Gasteiger partial charge in [-0.3, -0.25) is 4.98 Å². The van der Waals surface area contributed by atoms with Crippen molar-refractivity contribution < 1.29 is 26.7 Å². The topological polar surface area (TPSA) is 25.8 Å². The summed E-state index contributed by atoms with van der Waals surface area (Å²) in [7, 11) is 4.64. The van der Waals surface area contributed by atoms with E-state index < -0.39 is 11.9 Å². The van der Waals surface area contributed by atoms with Gasteiger partial charge in [0.15, 0.2) is 0 Å². The summed E-state index contributed by atoms with van der Waals surface area (Å²) >= 11 is 1.47. The van der Waals surface area contributed by atoms with Crippen LogP contribution in [0.1, 0.15) is 5.56 Å². The number of pyridine rings is 2. The Kier molecular flexibility index (Phi) is 7.83. The van der Waals surface area contributed by atoms with Crippen molar-refractivity contribution in [3.63, 3.8) is 0 Å².